The second kappa shape index (κ2) is 3.82. The van der Waals surface area contributed by atoms with Gasteiger partial charge in [0.05, 0.1) is 0 Å². The third-order valence-electron chi connectivity index (χ3n) is 2.53. The van der Waals surface area contributed by atoms with E-state index in [-0.39, 0.29) is 5.82 Å². The molecule has 0 heterocycles. The third kappa shape index (κ3) is 1.65. The van der Waals surface area contributed by atoms with E-state index in [1.807, 2.05) is 13.8 Å². The van der Waals surface area contributed by atoms with Crippen LogP contribution in [-0.2, 0) is 0 Å². The lowest BCUT2D eigenvalue weighted by Gasteiger charge is -2.13. The average molecular weight is 193 g/mol. The lowest BCUT2D eigenvalue weighted by atomic mass is 9.95. The van der Waals surface area contributed by atoms with Gasteiger partial charge in [-0.2, -0.15) is 0 Å². The average Bonchev–Trinajstić information content (AvgIpc) is 2.15. The molecule has 2 N–H and O–H groups in total. The van der Waals surface area contributed by atoms with E-state index in [2.05, 4.69) is 6.58 Å². The number of anilines is 1. The summed E-state index contributed by atoms with van der Waals surface area (Å²) in [6, 6.07) is 1.66. The molecule has 1 rings (SSSR count). The van der Waals surface area contributed by atoms with Crippen LogP contribution >= 0.6 is 0 Å². The first-order chi connectivity index (χ1) is 6.49. The topological polar surface area (TPSA) is 26.0 Å². The van der Waals surface area contributed by atoms with Crippen LogP contribution in [0.4, 0.5) is 10.1 Å². The van der Waals surface area contributed by atoms with Gasteiger partial charge >= 0.3 is 0 Å². The number of aryl methyl sites for hydroxylation is 1. The molecule has 0 aromatic heterocycles. The summed E-state index contributed by atoms with van der Waals surface area (Å²) in [6.07, 6.45) is 0.737. The molecule has 0 fully saturated rings. The minimum absolute atomic E-state index is 0.191. The van der Waals surface area contributed by atoms with Crippen LogP contribution in [0, 0.1) is 19.7 Å². The molecule has 1 aromatic rings. The molecular weight excluding hydrogens is 177 g/mol. The summed E-state index contributed by atoms with van der Waals surface area (Å²) in [5.41, 5.74) is 9.17. The van der Waals surface area contributed by atoms with Crippen molar-refractivity contribution in [1.82, 2.24) is 0 Å². The van der Waals surface area contributed by atoms with Gasteiger partial charge in [0.15, 0.2) is 0 Å². The fourth-order valence-corrected chi connectivity index (χ4v) is 1.51. The molecule has 0 bridgehead atoms. The van der Waals surface area contributed by atoms with Gasteiger partial charge in [-0.1, -0.05) is 13.5 Å². The number of rotatable bonds is 2. The number of benzene rings is 1. The largest absolute Gasteiger partial charge is 0.398 e. The van der Waals surface area contributed by atoms with Gasteiger partial charge in [-0.15, -0.1) is 0 Å². The first-order valence-electron chi connectivity index (χ1n) is 4.72. The molecule has 0 aliphatic heterocycles. The maximum Gasteiger partial charge on any atom is 0.134 e. The molecule has 1 aromatic carbocycles. The molecular formula is C12H16FN. The molecule has 0 aliphatic rings. The van der Waals surface area contributed by atoms with Crippen LogP contribution in [0.25, 0.3) is 5.57 Å². The molecule has 0 amide bonds. The predicted molar refractivity (Wildman–Crippen MR) is 59.6 cm³/mol. The summed E-state index contributed by atoms with van der Waals surface area (Å²) in [7, 11) is 0. The van der Waals surface area contributed by atoms with Gasteiger partial charge in [0.2, 0.25) is 0 Å². The summed E-state index contributed by atoms with van der Waals surface area (Å²) < 4.78 is 13.8. The SMILES string of the molecule is C=C(CC)c1c(C)c(N)cc(C)c1F. The van der Waals surface area contributed by atoms with Crippen LogP contribution in [0.1, 0.15) is 30.0 Å². The molecule has 0 radical (unpaired) electrons. The molecule has 0 atom stereocenters. The Labute approximate surface area is 84.4 Å². The van der Waals surface area contributed by atoms with Gasteiger partial charge in [0.25, 0.3) is 0 Å². The fraction of sp³-hybridized carbons (Fsp3) is 0.333. The lowest BCUT2D eigenvalue weighted by Crippen LogP contribution is -2.01. The molecule has 2 heteroatoms. The highest BCUT2D eigenvalue weighted by Gasteiger charge is 2.13. The minimum Gasteiger partial charge on any atom is -0.398 e. The van der Waals surface area contributed by atoms with Crippen LogP contribution < -0.4 is 5.73 Å². The van der Waals surface area contributed by atoms with Crippen molar-refractivity contribution < 1.29 is 4.39 Å². The number of halogens is 1. The van der Waals surface area contributed by atoms with Crippen LogP contribution in [0.3, 0.4) is 0 Å². The summed E-state index contributed by atoms with van der Waals surface area (Å²) >= 11 is 0. The molecule has 14 heavy (non-hydrogen) atoms. The standard InChI is InChI=1S/C12H16FN/c1-5-7(2)11-9(4)10(14)6-8(3)12(11)13/h6H,2,5,14H2,1,3-4H3. The Morgan fingerprint density at radius 2 is 2.07 bits per heavy atom. The van der Waals surface area contributed by atoms with Gasteiger partial charge < -0.3 is 5.73 Å². The van der Waals surface area contributed by atoms with Gasteiger partial charge in [-0.05, 0) is 43.0 Å². The van der Waals surface area contributed by atoms with E-state index in [1.54, 1.807) is 13.0 Å². The van der Waals surface area contributed by atoms with Gasteiger partial charge in [-0.3, -0.25) is 0 Å². The highest BCUT2D eigenvalue weighted by molar-refractivity contribution is 5.72. The molecule has 0 spiro atoms. The maximum atomic E-state index is 13.8. The Balaban J connectivity index is 3.47. The monoisotopic (exact) mass is 193 g/mol. The van der Waals surface area contributed by atoms with Crippen molar-refractivity contribution in [3.05, 3.63) is 35.2 Å². The number of allylic oxidation sites excluding steroid dienone is 1. The van der Waals surface area contributed by atoms with Crippen molar-refractivity contribution in [2.45, 2.75) is 27.2 Å². The molecule has 0 unspecified atom stereocenters. The zero-order valence-electron chi connectivity index (χ0n) is 8.95. The number of hydrogen-bond donors (Lipinski definition) is 1. The van der Waals surface area contributed by atoms with Crippen LogP contribution in [0.15, 0.2) is 12.6 Å². The second-order valence-electron chi connectivity index (χ2n) is 3.55. The van der Waals surface area contributed by atoms with Crippen molar-refractivity contribution in [1.29, 1.82) is 0 Å². The normalized spacial score (nSPS) is 10.3. The number of nitrogen functional groups attached to an aromatic ring is 1. The van der Waals surface area contributed by atoms with Crippen molar-refractivity contribution in [3.63, 3.8) is 0 Å². The van der Waals surface area contributed by atoms with E-state index in [1.165, 1.54) is 0 Å². The molecule has 0 saturated heterocycles. The van der Waals surface area contributed by atoms with Crippen molar-refractivity contribution >= 4 is 11.3 Å². The van der Waals surface area contributed by atoms with E-state index in [9.17, 15) is 4.39 Å². The summed E-state index contributed by atoms with van der Waals surface area (Å²) in [5.74, 6) is -0.191. The van der Waals surface area contributed by atoms with E-state index in [4.69, 9.17) is 5.73 Å². The first-order valence-corrected chi connectivity index (χ1v) is 4.72. The first kappa shape index (κ1) is 10.8. The quantitative estimate of drug-likeness (QED) is 0.715. The number of nitrogens with two attached hydrogens (primary N) is 1. The van der Waals surface area contributed by atoms with E-state index in [0.717, 1.165) is 17.6 Å². The number of hydrogen-bond acceptors (Lipinski definition) is 1. The fourth-order valence-electron chi connectivity index (χ4n) is 1.51. The predicted octanol–water partition coefficient (Wildman–Crippen LogP) is 3.45. The second-order valence-corrected chi connectivity index (χ2v) is 3.55. The Morgan fingerprint density at radius 1 is 1.50 bits per heavy atom. The molecule has 0 aliphatic carbocycles. The maximum absolute atomic E-state index is 13.8. The Hall–Kier alpha value is -1.31. The van der Waals surface area contributed by atoms with Gasteiger partial charge in [-0.25, -0.2) is 4.39 Å². The van der Waals surface area contributed by atoms with Gasteiger partial charge in [0.1, 0.15) is 5.82 Å². The third-order valence-corrected chi connectivity index (χ3v) is 2.53. The van der Waals surface area contributed by atoms with Crippen molar-refractivity contribution in [3.8, 4) is 0 Å². The van der Waals surface area contributed by atoms with Crippen LogP contribution in [0.5, 0.6) is 0 Å². The molecule has 0 saturated carbocycles. The highest BCUT2D eigenvalue weighted by Crippen LogP contribution is 2.29. The Bertz CT molecular complexity index is 354. The summed E-state index contributed by atoms with van der Waals surface area (Å²) in [5, 5.41) is 0. The smallest absolute Gasteiger partial charge is 0.134 e. The molecule has 1 nitrogen and oxygen atoms in total. The summed E-state index contributed by atoms with van der Waals surface area (Å²) in [4.78, 5) is 0. The van der Waals surface area contributed by atoms with Crippen molar-refractivity contribution in [2.24, 2.45) is 0 Å². The van der Waals surface area contributed by atoms with Crippen LogP contribution in [0.2, 0.25) is 0 Å². The van der Waals surface area contributed by atoms with E-state index >= 15 is 0 Å². The van der Waals surface area contributed by atoms with E-state index < -0.39 is 0 Å². The zero-order chi connectivity index (χ0) is 10.9. The highest BCUT2D eigenvalue weighted by atomic mass is 19.1. The van der Waals surface area contributed by atoms with Gasteiger partial charge in [0, 0.05) is 11.3 Å². The van der Waals surface area contributed by atoms with Crippen LogP contribution in [-0.4, -0.2) is 0 Å². The molecule has 76 valence electrons. The summed E-state index contributed by atoms with van der Waals surface area (Å²) in [6.45, 7) is 9.36. The Morgan fingerprint density at radius 3 is 2.57 bits per heavy atom. The lowest BCUT2D eigenvalue weighted by molar-refractivity contribution is 0.613. The van der Waals surface area contributed by atoms with Crippen molar-refractivity contribution in [2.75, 3.05) is 5.73 Å². The van der Waals surface area contributed by atoms with E-state index in [0.29, 0.717) is 16.8 Å². The Kier molecular flexibility index (Phi) is 2.94. The zero-order valence-corrected chi connectivity index (χ0v) is 8.95. The minimum atomic E-state index is -0.191.